The number of nitro groups is 1. The lowest BCUT2D eigenvalue weighted by Crippen LogP contribution is -2.06. The third-order valence-electron chi connectivity index (χ3n) is 3.08. The van der Waals surface area contributed by atoms with Crippen LogP contribution in [0.3, 0.4) is 0 Å². The predicted molar refractivity (Wildman–Crippen MR) is 76.7 cm³/mol. The zero-order chi connectivity index (χ0) is 15.9. The van der Waals surface area contributed by atoms with Crippen LogP contribution in [0.5, 0.6) is 0 Å². The number of nitrogens with zero attached hydrogens (tertiary/aromatic N) is 2. The monoisotopic (exact) mass is 301 g/mol. The highest BCUT2D eigenvalue weighted by atomic mass is 19.1. The number of pyridine rings is 1. The van der Waals surface area contributed by atoms with Gasteiger partial charge in [0.2, 0.25) is 5.58 Å². The highest BCUT2D eigenvalue weighted by molar-refractivity contribution is 5.92. The van der Waals surface area contributed by atoms with Crippen LogP contribution in [0.2, 0.25) is 0 Å². The van der Waals surface area contributed by atoms with Gasteiger partial charge >= 0.3 is 5.69 Å². The van der Waals surface area contributed by atoms with Crippen molar-refractivity contribution in [2.45, 2.75) is 0 Å². The molecular formula is C14H8FN3O4. The highest BCUT2D eigenvalue weighted by Crippen LogP contribution is 2.34. The van der Waals surface area contributed by atoms with Crippen LogP contribution in [0.4, 0.5) is 15.8 Å². The molecule has 3 aromatic rings. The van der Waals surface area contributed by atoms with Crippen molar-refractivity contribution in [3.05, 3.63) is 62.7 Å². The second-order valence-electron chi connectivity index (χ2n) is 4.44. The van der Waals surface area contributed by atoms with Gasteiger partial charge in [0.25, 0.3) is 0 Å². The van der Waals surface area contributed by atoms with Crippen molar-refractivity contribution in [1.29, 1.82) is 0 Å². The van der Waals surface area contributed by atoms with Crippen molar-refractivity contribution >= 4 is 22.3 Å². The summed E-state index contributed by atoms with van der Waals surface area (Å²) in [6.07, 6.45) is 1.48. The molecule has 0 unspecified atom stereocenters. The maximum atomic E-state index is 13.7. The molecule has 22 heavy (non-hydrogen) atoms. The minimum absolute atomic E-state index is 0.0345. The Morgan fingerprint density at radius 1 is 1.32 bits per heavy atom. The quantitative estimate of drug-likeness (QED) is 0.442. The summed E-state index contributed by atoms with van der Waals surface area (Å²) in [7, 11) is 0. The molecule has 0 saturated heterocycles. The van der Waals surface area contributed by atoms with Gasteiger partial charge in [0.05, 0.1) is 10.3 Å². The summed E-state index contributed by atoms with van der Waals surface area (Å²) >= 11 is 0. The Hall–Kier alpha value is -3.29. The largest absolute Gasteiger partial charge is 0.447 e. The van der Waals surface area contributed by atoms with Crippen molar-refractivity contribution in [1.82, 2.24) is 4.98 Å². The summed E-state index contributed by atoms with van der Waals surface area (Å²) < 4.78 is 19.1. The third kappa shape index (κ3) is 2.06. The number of fused-ring (bicyclic) bond motifs is 1. The lowest BCUT2D eigenvalue weighted by Gasteiger charge is -2.05. The second-order valence-corrected chi connectivity index (χ2v) is 4.44. The van der Waals surface area contributed by atoms with Crippen molar-refractivity contribution in [2.24, 2.45) is 0 Å². The number of aromatic nitrogens is 1. The van der Waals surface area contributed by atoms with E-state index in [-0.39, 0.29) is 16.7 Å². The molecule has 0 amide bonds. The summed E-state index contributed by atoms with van der Waals surface area (Å²) in [4.78, 5) is 26.3. The number of hydrogen-bond donors (Lipinski definition) is 1. The van der Waals surface area contributed by atoms with Gasteiger partial charge in [-0.25, -0.2) is 4.39 Å². The van der Waals surface area contributed by atoms with E-state index in [1.165, 1.54) is 6.20 Å². The van der Waals surface area contributed by atoms with Crippen LogP contribution in [-0.4, -0.2) is 9.91 Å². The molecule has 2 N–H and O–H groups in total. The molecule has 0 atom stereocenters. The van der Waals surface area contributed by atoms with Crippen LogP contribution >= 0.6 is 0 Å². The van der Waals surface area contributed by atoms with E-state index in [1.54, 1.807) is 18.2 Å². The van der Waals surface area contributed by atoms with E-state index in [2.05, 4.69) is 4.98 Å². The predicted octanol–water partition coefficient (Wildman–Crippen LogP) is 2.48. The molecule has 0 saturated carbocycles. The third-order valence-corrected chi connectivity index (χ3v) is 3.08. The van der Waals surface area contributed by atoms with Crippen LogP contribution in [-0.2, 0) is 0 Å². The number of rotatable bonds is 2. The van der Waals surface area contributed by atoms with Gasteiger partial charge in [-0.3, -0.25) is 19.9 Å². The molecule has 2 heterocycles. The molecule has 0 spiro atoms. The Labute approximate surface area is 122 Å². The van der Waals surface area contributed by atoms with Crippen molar-refractivity contribution in [3.8, 4) is 11.5 Å². The molecule has 1 aromatic carbocycles. The number of hydrogen-bond acceptors (Lipinski definition) is 6. The minimum Gasteiger partial charge on any atom is -0.447 e. The summed E-state index contributed by atoms with van der Waals surface area (Å²) in [6, 6.07) is 6.83. The van der Waals surface area contributed by atoms with Gasteiger partial charge in [-0.2, -0.15) is 0 Å². The van der Waals surface area contributed by atoms with Crippen molar-refractivity contribution < 1.29 is 13.7 Å². The van der Waals surface area contributed by atoms with Gasteiger partial charge < -0.3 is 10.2 Å². The molecule has 0 aliphatic carbocycles. The molecule has 0 fully saturated rings. The van der Waals surface area contributed by atoms with Crippen LogP contribution in [0.1, 0.15) is 0 Å². The fourth-order valence-electron chi connectivity index (χ4n) is 2.07. The number of halogens is 1. The molecule has 8 heteroatoms. The fraction of sp³-hybridized carbons (Fsp3) is 0. The average molecular weight is 301 g/mol. The summed E-state index contributed by atoms with van der Waals surface area (Å²) in [6.45, 7) is 0. The zero-order valence-corrected chi connectivity index (χ0v) is 10.9. The first-order valence-corrected chi connectivity index (χ1v) is 6.10. The fourth-order valence-corrected chi connectivity index (χ4v) is 2.07. The number of nitrogens with two attached hydrogens (primary N) is 1. The van der Waals surface area contributed by atoms with Gasteiger partial charge in [0.1, 0.15) is 5.69 Å². The minimum atomic E-state index is -1.04. The van der Waals surface area contributed by atoms with E-state index in [4.69, 9.17) is 10.2 Å². The Bertz CT molecular complexity index is 954. The van der Waals surface area contributed by atoms with E-state index in [0.29, 0.717) is 5.69 Å². The molecule has 110 valence electrons. The lowest BCUT2D eigenvalue weighted by atomic mass is 10.1. The van der Waals surface area contributed by atoms with Crippen molar-refractivity contribution in [3.63, 3.8) is 0 Å². The smallest absolute Gasteiger partial charge is 0.338 e. The van der Waals surface area contributed by atoms with E-state index in [9.17, 15) is 19.3 Å². The first-order valence-electron chi connectivity index (χ1n) is 6.10. The first kappa shape index (κ1) is 13.7. The normalized spacial score (nSPS) is 10.8. The second kappa shape index (κ2) is 4.92. The summed E-state index contributed by atoms with van der Waals surface area (Å²) in [5.41, 5.74) is 3.26. The number of benzene rings is 1. The topological polar surface area (TPSA) is 112 Å². The summed E-state index contributed by atoms with van der Waals surface area (Å²) in [5.74, 6) is -1.01. The van der Waals surface area contributed by atoms with Gasteiger partial charge in [-0.15, -0.1) is 0 Å². The van der Waals surface area contributed by atoms with Gasteiger partial charge in [0.15, 0.2) is 22.7 Å². The highest BCUT2D eigenvalue weighted by Gasteiger charge is 2.25. The number of anilines is 1. The molecule has 0 aliphatic heterocycles. The Balaban J connectivity index is 2.43. The molecule has 0 bridgehead atoms. The van der Waals surface area contributed by atoms with Crippen LogP contribution in [0.25, 0.3) is 22.4 Å². The maximum Gasteiger partial charge on any atom is 0.338 e. The Morgan fingerprint density at radius 2 is 2.09 bits per heavy atom. The number of nitrogen functional groups attached to an aromatic ring is 1. The average Bonchev–Trinajstić information content (AvgIpc) is 2.49. The number of nitro benzene ring substituents is 1. The van der Waals surface area contributed by atoms with Crippen LogP contribution < -0.4 is 11.2 Å². The molecule has 0 aliphatic rings. The summed E-state index contributed by atoms with van der Waals surface area (Å²) in [5, 5.41) is 10.9. The van der Waals surface area contributed by atoms with Gasteiger partial charge in [0, 0.05) is 12.3 Å². The maximum absolute atomic E-state index is 13.7. The van der Waals surface area contributed by atoms with E-state index < -0.39 is 27.5 Å². The molecule has 2 aromatic heterocycles. The zero-order valence-electron chi connectivity index (χ0n) is 10.9. The standard InChI is InChI=1S/C14H8FN3O4/c15-8-5-7-10(19)6-11(9-3-1-2-4-17-9)22-14(7)13(12(8)16)18(20)21/h1-6H,16H2. The van der Waals surface area contributed by atoms with Crippen molar-refractivity contribution in [2.75, 3.05) is 5.73 Å². The molecule has 7 nitrogen and oxygen atoms in total. The van der Waals surface area contributed by atoms with E-state index in [1.807, 2.05) is 0 Å². The van der Waals surface area contributed by atoms with Gasteiger partial charge in [-0.05, 0) is 18.2 Å². The van der Waals surface area contributed by atoms with E-state index in [0.717, 1.165) is 12.1 Å². The van der Waals surface area contributed by atoms with E-state index >= 15 is 0 Å². The SMILES string of the molecule is Nc1c(F)cc2c(=O)cc(-c3ccccn3)oc2c1[N+](=O)[O-]. The molecular weight excluding hydrogens is 293 g/mol. The molecule has 0 radical (unpaired) electrons. The lowest BCUT2D eigenvalue weighted by molar-refractivity contribution is -0.382. The van der Waals surface area contributed by atoms with Crippen LogP contribution in [0.15, 0.2) is 45.7 Å². The Morgan fingerprint density at radius 3 is 2.73 bits per heavy atom. The first-order chi connectivity index (χ1) is 10.5. The van der Waals surface area contributed by atoms with Crippen LogP contribution in [0, 0.1) is 15.9 Å². The van der Waals surface area contributed by atoms with Gasteiger partial charge in [-0.1, -0.05) is 6.07 Å². The molecule has 3 rings (SSSR count). The Kier molecular flexibility index (Phi) is 3.06.